The highest BCUT2D eigenvalue weighted by Crippen LogP contribution is 2.26. The van der Waals surface area contributed by atoms with Crippen LogP contribution in [0.2, 0.25) is 5.02 Å². The van der Waals surface area contributed by atoms with Gasteiger partial charge in [0.05, 0.1) is 11.3 Å². The molecule has 0 atom stereocenters. The first-order valence-electron chi connectivity index (χ1n) is 8.02. The Balaban J connectivity index is 1.40. The minimum absolute atomic E-state index is 0.0103. The molecule has 2 N–H and O–H groups in total. The van der Waals surface area contributed by atoms with Crippen LogP contribution in [-0.4, -0.2) is 43.9 Å². The molecule has 1 aliphatic heterocycles. The zero-order chi connectivity index (χ0) is 17.2. The number of fused-ring (bicyclic) bond motifs is 1. The third kappa shape index (κ3) is 3.25. The van der Waals surface area contributed by atoms with Crippen LogP contribution in [0.1, 0.15) is 12.8 Å². The maximum atomic E-state index is 12.4. The standard InChI is InChI=1S/C16H16ClN7O/c17-11-1-2-12(18-7-11)23-16(25)10-3-5-24(6-4-10)15-13-14(20-8-19-13)21-9-22-15/h1-2,7-10H,3-6H2,(H,18,23,25)(H,19,20,21,22). The summed E-state index contributed by atoms with van der Waals surface area (Å²) in [6, 6.07) is 3.41. The minimum atomic E-state index is -0.0483. The molecule has 4 heterocycles. The number of imidazole rings is 1. The lowest BCUT2D eigenvalue weighted by Gasteiger charge is -2.32. The zero-order valence-corrected chi connectivity index (χ0v) is 14.1. The van der Waals surface area contributed by atoms with E-state index < -0.39 is 0 Å². The molecule has 9 heteroatoms. The third-order valence-corrected chi connectivity index (χ3v) is 4.57. The second kappa shape index (κ2) is 6.64. The fourth-order valence-electron chi connectivity index (χ4n) is 3.02. The molecule has 0 spiro atoms. The van der Waals surface area contributed by atoms with Crippen LogP contribution in [-0.2, 0) is 4.79 Å². The van der Waals surface area contributed by atoms with Gasteiger partial charge in [-0.05, 0) is 25.0 Å². The van der Waals surface area contributed by atoms with E-state index in [0.29, 0.717) is 16.5 Å². The summed E-state index contributed by atoms with van der Waals surface area (Å²) < 4.78 is 0. The largest absolute Gasteiger partial charge is 0.355 e. The Hall–Kier alpha value is -2.74. The number of aromatic amines is 1. The third-order valence-electron chi connectivity index (χ3n) is 4.35. The maximum absolute atomic E-state index is 12.4. The molecule has 0 bridgehead atoms. The summed E-state index contributed by atoms with van der Waals surface area (Å²) in [4.78, 5) is 34.4. The van der Waals surface area contributed by atoms with E-state index in [2.05, 4.69) is 35.1 Å². The molecular formula is C16H16ClN7O. The first-order valence-corrected chi connectivity index (χ1v) is 8.40. The Bertz CT molecular complexity index is 887. The summed E-state index contributed by atoms with van der Waals surface area (Å²) in [5.74, 6) is 1.30. The Morgan fingerprint density at radius 2 is 2.04 bits per heavy atom. The van der Waals surface area contributed by atoms with Crippen LogP contribution in [0, 0.1) is 5.92 Å². The summed E-state index contributed by atoms with van der Waals surface area (Å²) >= 11 is 5.81. The summed E-state index contributed by atoms with van der Waals surface area (Å²) in [5, 5.41) is 3.39. The fourth-order valence-corrected chi connectivity index (χ4v) is 3.14. The number of nitrogens with zero attached hydrogens (tertiary/aromatic N) is 5. The first kappa shape index (κ1) is 15.8. The Morgan fingerprint density at radius 1 is 1.20 bits per heavy atom. The summed E-state index contributed by atoms with van der Waals surface area (Å²) in [7, 11) is 0. The molecule has 0 radical (unpaired) electrons. The van der Waals surface area contributed by atoms with Crippen molar-refractivity contribution in [1.29, 1.82) is 0 Å². The molecule has 0 saturated carbocycles. The smallest absolute Gasteiger partial charge is 0.228 e. The van der Waals surface area contributed by atoms with Crippen molar-refractivity contribution in [2.45, 2.75) is 12.8 Å². The van der Waals surface area contributed by atoms with Crippen LogP contribution in [0.4, 0.5) is 11.6 Å². The molecule has 1 amide bonds. The quantitative estimate of drug-likeness (QED) is 0.745. The van der Waals surface area contributed by atoms with E-state index in [1.165, 1.54) is 12.5 Å². The van der Waals surface area contributed by atoms with Crippen LogP contribution >= 0.6 is 11.6 Å². The Kier molecular flexibility index (Phi) is 4.19. The van der Waals surface area contributed by atoms with Crippen LogP contribution in [0.5, 0.6) is 0 Å². The highest BCUT2D eigenvalue weighted by molar-refractivity contribution is 6.30. The van der Waals surface area contributed by atoms with Gasteiger partial charge in [0.1, 0.15) is 17.7 Å². The van der Waals surface area contributed by atoms with Crippen LogP contribution in [0.3, 0.4) is 0 Å². The number of H-pyrrole nitrogens is 1. The van der Waals surface area contributed by atoms with Gasteiger partial charge in [-0.1, -0.05) is 11.6 Å². The number of nitrogens with one attached hydrogen (secondary N) is 2. The van der Waals surface area contributed by atoms with Gasteiger partial charge in [0, 0.05) is 25.2 Å². The molecule has 1 saturated heterocycles. The van der Waals surface area contributed by atoms with Gasteiger partial charge in [-0.3, -0.25) is 4.79 Å². The molecule has 3 aromatic rings. The number of halogens is 1. The van der Waals surface area contributed by atoms with Gasteiger partial charge in [-0.25, -0.2) is 19.9 Å². The van der Waals surface area contributed by atoms with E-state index >= 15 is 0 Å². The number of pyridine rings is 1. The van der Waals surface area contributed by atoms with Crippen molar-refractivity contribution in [1.82, 2.24) is 24.9 Å². The van der Waals surface area contributed by atoms with Gasteiger partial charge in [0.25, 0.3) is 0 Å². The lowest BCUT2D eigenvalue weighted by atomic mass is 9.96. The van der Waals surface area contributed by atoms with Crippen LogP contribution in [0.25, 0.3) is 11.2 Å². The predicted octanol–water partition coefficient (Wildman–Crippen LogP) is 2.26. The highest BCUT2D eigenvalue weighted by atomic mass is 35.5. The number of hydrogen-bond donors (Lipinski definition) is 2. The van der Waals surface area contributed by atoms with E-state index in [1.54, 1.807) is 18.5 Å². The number of hydrogen-bond acceptors (Lipinski definition) is 6. The van der Waals surface area contributed by atoms with Crippen LogP contribution in [0.15, 0.2) is 31.0 Å². The van der Waals surface area contributed by atoms with Gasteiger partial charge < -0.3 is 15.2 Å². The molecular weight excluding hydrogens is 342 g/mol. The predicted molar refractivity (Wildman–Crippen MR) is 94.5 cm³/mol. The Morgan fingerprint density at radius 3 is 2.80 bits per heavy atom. The van der Waals surface area contributed by atoms with E-state index in [4.69, 9.17) is 11.6 Å². The van der Waals surface area contributed by atoms with Crippen molar-refractivity contribution in [3.05, 3.63) is 36.0 Å². The number of aromatic nitrogens is 5. The number of piperidine rings is 1. The molecule has 128 valence electrons. The van der Waals surface area contributed by atoms with Crippen LogP contribution < -0.4 is 10.2 Å². The molecule has 4 rings (SSSR count). The van der Waals surface area contributed by atoms with Gasteiger partial charge in [-0.2, -0.15) is 0 Å². The van der Waals surface area contributed by atoms with Crippen molar-refractivity contribution in [3.63, 3.8) is 0 Å². The van der Waals surface area contributed by atoms with E-state index in [-0.39, 0.29) is 11.8 Å². The normalized spacial score (nSPS) is 15.5. The van der Waals surface area contributed by atoms with E-state index in [1.807, 2.05) is 0 Å². The van der Waals surface area contributed by atoms with E-state index in [0.717, 1.165) is 37.3 Å². The van der Waals surface area contributed by atoms with Crippen molar-refractivity contribution >= 4 is 40.3 Å². The second-order valence-corrected chi connectivity index (χ2v) is 6.35. The minimum Gasteiger partial charge on any atom is -0.355 e. The fraction of sp³-hybridized carbons (Fsp3) is 0.312. The van der Waals surface area contributed by atoms with Gasteiger partial charge >= 0.3 is 0 Å². The molecule has 0 aliphatic carbocycles. The number of rotatable bonds is 3. The van der Waals surface area contributed by atoms with Crippen molar-refractivity contribution in [2.24, 2.45) is 5.92 Å². The molecule has 1 aliphatic rings. The van der Waals surface area contributed by atoms with Crippen molar-refractivity contribution < 1.29 is 4.79 Å². The average Bonchev–Trinajstić information content (AvgIpc) is 3.12. The molecule has 0 aromatic carbocycles. The molecule has 3 aromatic heterocycles. The first-order chi connectivity index (χ1) is 12.2. The lowest BCUT2D eigenvalue weighted by Crippen LogP contribution is -2.38. The zero-order valence-electron chi connectivity index (χ0n) is 13.3. The van der Waals surface area contributed by atoms with E-state index in [9.17, 15) is 4.79 Å². The average molecular weight is 358 g/mol. The van der Waals surface area contributed by atoms with Crippen molar-refractivity contribution in [3.8, 4) is 0 Å². The maximum Gasteiger partial charge on any atom is 0.228 e. The Labute approximate surface area is 148 Å². The van der Waals surface area contributed by atoms with Gasteiger partial charge in [-0.15, -0.1) is 0 Å². The molecule has 8 nitrogen and oxygen atoms in total. The topological polar surface area (TPSA) is 99.7 Å². The lowest BCUT2D eigenvalue weighted by molar-refractivity contribution is -0.120. The number of anilines is 2. The summed E-state index contributed by atoms with van der Waals surface area (Å²) in [6.45, 7) is 1.49. The van der Waals surface area contributed by atoms with Gasteiger partial charge in [0.15, 0.2) is 11.5 Å². The highest BCUT2D eigenvalue weighted by Gasteiger charge is 2.27. The number of amides is 1. The number of carbonyl (C=O) groups excluding carboxylic acids is 1. The summed E-state index contributed by atoms with van der Waals surface area (Å²) in [5.41, 5.74) is 1.48. The monoisotopic (exact) mass is 357 g/mol. The second-order valence-electron chi connectivity index (χ2n) is 5.91. The molecule has 25 heavy (non-hydrogen) atoms. The number of carbonyl (C=O) groups is 1. The molecule has 1 fully saturated rings. The SMILES string of the molecule is O=C(Nc1ccc(Cl)cn1)C1CCN(c2ncnc3nc[nH]c23)CC1. The summed E-state index contributed by atoms with van der Waals surface area (Å²) in [6.07, 6.45) is 6.15. The van der Waals surface area contributed by atoms with Crippen molar-refractivity contribution in [2.75, 3.05) is 23.3 Å². The van der Waals surface area contributed by atoms with Gasteiger partial charge in [0.2, 0.25) is 5.91 Å². The molecule has 0 unspecified atom stereocenters.